The first-order valence-electron chi connectivity index (χ1n) is 8.90. The summed E-state index contributed by atoms with van der Waals surface area (Å²) in [6, 6.07) is 5.75. The molecule has 0 aliphatic carbocycles. The largest absolute Gasteiger partial charge is 0.494 e. The third-order valence-electron chi connectivity index (χ3n) is 5.76. The Morgan fingerprint density at radius 3 is 2.28 bits per heavy atom. The van der Waals surface area contributed by atoms with Crippen LogP contribution in [0.3, 0.4) is 0 Å². The first-order chi connectivity index (χ1) is 11.4. The minimum Gasteiger partial charge on any atom is -0.399 e. The quantitative estimate of drug-likeness (QED) is 0.832. The highest BCUT2D eigenvalue weighted by atomic mass is 16.7. The maximum atomic E-state index is 12.9. The van der Waals surface area contributed by atoms with Gasteiger partial charge in [0.15, 0.2) is 0 Å². The Morgan fingerprint density at radius 1 is 1.16 bits per heavy atom. The molecule has 0 bridgehead atoms. The number of nitrogens with zero attached hydrogens (tertiary/aromatic N) is 1. The van der Waals surface area contributed by atoms with E-state index in [1.165, 1.54) is 0 Å². The average molecular weight is 345 g/mol. The molecule has 25 heavy (non-hydrogen) atoms. The molecule has 0 spiro atoms. The van der Waals surface area contributed by atoms with Crippen LogP contribution in [0.15, 0.2) is 18.2 Å². The van der Waals surface area contributed by atoms with Crippen LogP contribution in [0.25, 0.3) is 0 Å². The van der Waals surface area contributed by atoms with Gasteiger partial charge in [-0.2, -0.15) is 0 Å². The molecule has 1 aromatic rings. The van der Waals surface area contributed by atoms with E-state index >= 15 is 0 Å². The Labute approximate surface area is 150 Å². The Hall–Kier alpha value is -1.37. The van der Waals surface area contributed by atoms with Gasteiger partial charge in [0.2, 0.25) is 0 Å². The lowest BCUT2D eigenvalue weighted by Crippen LogP contribution is -2.41. The van der Waals surface area contributed by atoms with Gasteiger partial charge in [-0.25, -0.2) is 0 Å². The monoisotopic (exact) mass is 345 g/mol. The summed E-state index contributed by atoms with van der Waals surface area (Å²) in [6.45, 7) is 12.7. The van der Waals surface area contributed by atoms with Crippen LogP contribution in [-0.4, -0.2) is 52.9 Å². The minimum absolute atomic E-state index is 0.0476. The second kappa shape index (κ2) is 5.83. The average Bonchev–Trinajstić information content (AvgIpc) is 2.95. The van der Waals surface area contributed by atoms with E-state index in [1.54, 1.807) is 11.8 Å². The maximum absolute atomic E-state index is 12.9. The minimum atomic E-state index is -0.799. The summed E-state index contributed by atoms with van der Waals surface area (Å²) in [4.78, 5) is 14.6. The van der Waals surface area contributed by atoms with Crippen molar-refractivity contribution in [3.63, 3.8) is 0 Å². The zero-order valence-corrected chi connectivity index (χ0v) is 16.0. The summed E-state index contributed by atoms with van der Waals surface area (Å²) in [6.07, 6.45) is 0.606. The fourth-order valence-electron chi connectivity index (χ4n) is 3.28. The maximum Gasteiger partial charge on any atom is 0.494 e. The third-order valence-corrected chi connectivity index (χ3v) is 5.76. The van der Waals surface area contributed by atoms with E-state index in [0.717, 1.165) is 11.0 Å². The van der Waals surface area contributed by atoms with Crippen LogP contribution in [0.5, 0.6) is 0 Å². The SMILES string of the molecule is Cc1ccc(B2OC(C)(C)C(C)(C)O2)cc1C(=O)N1CCC(C)(O)C1. The lowest BCUT2D eigenvalue weighted by atomic mass is 9.77. The van der Waals surface area contributed by atoms with Crippen LogP contribution in [0.1, 0.15) is 57.0 Å². The molecule has 2 saturated heterocycles. The molecule has 1 atom stereocenters. The van der Waals surface area contributed by atoms with E-state index in [-0.39, 0.29) is 5.91 Å². The van der Waals surface area contributed by atoms with Crippen molar-refractivity contribution in [2.45, 2.75) is 64.8 Å². The van der Waals surface area contributed by atoms with Crippen LogP contribution < -0.4 is 5.46 Å². The second-order valence-corrected chi connectivity index (χ2v) is 8.64. The van der Waals surface area contributed by atoms with E-state index in [2.05, 4.69) is 0 Å². The number of rotatable bonds is 2. The van der Waals surface area contributed by atoms with E-state index in [9.17, 15) is 9.90 Å². The van der Waals surface area contributed by atoms with Gasteiger partial charge in [-0.1, -0.05) is 12.1 Å². The van der Waals surface area contributed by atoms with Gasteiger partial charge in [0.25, 0.3) is 5.91 Å². The van der Waals surface area contributed by atoms with Crippen molar-refractivity contribution < 1.29 is 19.2 Å². The summed E-state index contributed by atoms with van der Waals surface area (Å²) in [5.74, 6) is -0.0476. The zero-order valence-electron chi connectivity index (χ0n) is 16.0. The van der Waals surface area contributed by atoms with E-state index in [4.69, 9.17) is 9.31 Å². The summed E-state index contributed by atoms with van der Waals surface area (Å²) < 4.78 is 12.2. The Balaban J connectivity index is 1.86. The van der Waals surface area contributed by atoms with Crippen LogP contribution >= 0.6 is 0 Å². The predicted molar refractivity (Wildman–Crippen MR) is 98.0 cm³/mol. The lowest BCUT2D eigenvalue weighted by Gasteiger charge is -2.32. The number of likely N-dealkylation sites (tertiary alicyclic amines) is 1. The third kappa shape index (κ3) is 3.35. The molecule has 1 amide bonds. The van der Waals surface area contributed by atoms with Gasteiger partial charge in [0.1, 0.15) is 0 Å². The van der Waals surface area contributed by atoms with E-state index < -0.39 is 23.9 Å². The lowest BCUT2D eigenvalue weighted by molar-refractivity contribution is 0.00578. The number of carbonyl (C=O) groups excluding carboxylic acids is 1. The van der Waals surface area contributed by atoms with Gasteiger partial charge in [0.05, 0.1) is 16.8 Å². The normalized spacial score (nSPS) is 27.8. The Morgan fingerprint density at radius 2 is 1.76 bits per heavy atom. The summed E-state index contributed by atoms with van der Waals surface area (Å²) >= 11 is 0. The smallest absolute Gasteiger partial charge is 0.399 e. The first-order valence-corrected chi connectivity index (χ1v) is 8.90. The number of carbonyl (C=O) groups is 1. The van der Waals surface area contributed by atoms with E-state index in [1.807, 2.05) is 52.8 Å². The summed E-state index contributed by atoms with van der Waals surface area (Å²) in [5.41, 5.74) is 0.772. The van der Waals surface area contributed by atoms with Gasteiger partial charge in [0, 0.05) is 18.7 Å². The topological polar surface area (TPSA) is 59.0 Å². The van der Waals surface area contributed by atoms with Gasteiger partial charge >= 0.3 is 7.12 Å². The molecule has 3 rings (SSSR count). The molecule has 0 radical (unpaired) electrons. The van der Waals surface area contributed by atoms with Gasteiger partial charge in [-0.15, -0.1) is 0 Å². The molecule has 5 nitrogen and oxygen atoms in total. The first kappa shape index (κ1) is 18.4. The van der Waals surface area contributed by atoms with Crippen LogP contribution in [0.4, 0.5) is 0 Å². The standard InChI is InChI=1S/C19H28BNO4/c1-13-7-8-14(20-24-17(2,3)18(4,5)25-20)11-15(13)16(22)21-10-9-19(6,23)12-21/h7-8,11,23H,9-10,12H2,1-6H3. The molecule has 1 aromatic carbocycles. The van der Waals surface area contributed by atoms with Crippen molar-refractivity contribution in [2.75, 3.05) is 13.1 Å². The van der Waals surface area contributed by atoms with Crippen LogP contribution in [0, 0.1) is 6.92 Å². The number of hydrogen-bond acceptors (Lipinski definition) is 4. The van der Waals surface area contributed by atoms with Gasteiger partial charge in [-0.05, 0) is 65.1 Å². The molecule has 2 fully saturated rings. The Kier molecular flexibility index (Phi) is 4.30. The molecular weight excluding hydrogens is 317 g/mol. The molecule has 1 N–H and O–H groups in total. The predicted octanol–water partition coefficient (Wildman–Crippen LogP) is 1.89. The number of β-amino-alcohol motifs (C(OH)–C–C–N with tert-alkyl or cyclic N) is 1. The van der Waals surface area contributed by atoms with Gasteiger partial charge < -0.3 is 19.3 Å². The molecular formula is C19H28BNO4. The highest BCUT2D eigenvalue weighted by molar-refractivity contribution is 6.62. The summed E-state index contributed by atoms with van der Waals surface area (Å²) in [7, 11) is -0.487. The molecule has 2 aliphatic heterocycles. The number of amides is 1. The molecule has 136 valence electrons. The van der Waals surface area contributed by atoms with Crippen LogP contribution in [-0.2, 0) is 9.31 Å². The molecule has 2 aliphatic rings. The molecule has 0 aromatic heterocycles. The van der Waals surface area contributed by atoms with Gasteiger partial charge in [-0.3, -0.25) is 4.79 Å². The highest BCUT2D eigenvalue weighted by Crippen LogP contribution is 2.36. The number of benzene rings is 1. The van der Waals surface area contributed by atoms with Crippen molar-refractivity contribution in [2.24, 2.45) is 0 Å². The zero-order chi connectivity index (χ0) is 18.6. The van der Waals surface area contributed by atoms with Crippen LogP contribution in [0.2, 0.25) is 0 Å². The van der Waals surface area contributed by atoms with Crippen molar-refractivity contribution >= 4 is 18.5 Å². The van der Waals surface area contributed by atoms with Crippen molar-refractivity contribution in [3.8, 4) is 0 Å². The van der Waals surface area contributed by atoms with Crippen molar-refractivity contribution in [3.05, 3.63) is 29.3 Å². The molecule has 2 heterocycles. The number of aryl methyl sites for hydroxylation is 1. The summed E-state index contributed by atoms with van der Waals surface area (Å²) in [5, 5.41) is 10.1. The fraction of sp³-hybridized carbons (Fsp3) is 0.632. The van der Waals surface area contributed by atoms with Crippen molar-refractivity contribution in [1.29, 1.82) is 0 Å². The molecule has 6 heteroatoms. The molecule has 0 saturated carbocycles. The highest BCUT2D eigenvalue weighted by Gasteiger charge is 2.51. The number of aliphatic hydroxyl groups is 1. The Bertz CT molecular complexity index is 683. The number of hydrogen-bond donors (Lipinski definition) is 1. The fourth-order valence-corrected chi connectivity index (χ4v) is 3.28. The second-order valence-electron chi connectivity index (χ2n) is 8.64. The molecule has 1 unspecified atom stereocenters. The van der Waals surface area contributed by atoms with E-state index in [0.29, 0.717) is 25.1 Å². The van der Waals surface area contributed by atoms with Crippen molar-refractivity contribution in [1.82, 2.24) is 4.90 Å².